The lowest BCUT2D eigenvalue weighted by Gasteiger charge is -2.13. The molecule has 0 saturated carbocycles. The van der Waals surface area contributed by atoms with E-state index in [1.807, 2.05) is 41.0 Å². The molecule has 0 fully saturated rings. The van der Waals surface area contributed by atoms with Crippen LogP contribution in [0.2, 0.25) is 0 Å². The second-order valence-corrected chi connectivity index (χ2v) is 6.91. The van der Waals surface area contributed by atoms with E-state index in [-0.39, 0.29) is 12.2 Å². The maximum Gasteiger partial charge on any atom is 0.303 e. The summed E-state index contributed by atoms with van der Waals surface area (Å²) in [5, 5.41) is 18.5. The highest BCUT2D eigenvalue weighted by atomic mass is 16.5. The summed E-state index contributed by atoms with van der Waals surface area (Å²) in [6.07, 6.45) is 6.51. The first kappa shape index (κ1) is 20.5. The fourth-order valence-corrected chi connectivity index (χ4v) is 3.20. The zero-order chi connectivity index (χ0) is 20.5. The zero-order valence-corrected chi connectivity index (χ0v) is 16.3. The Labute approximate surface area is 170 Å². The number of nitrogens with zero attached hydrogens (tertiary/aromatic N) is 2. The van der Waals surface area contributed by atoms with Crippen molar-refractivity contribution in [2.45, 2.75) is 38.5 Å². The van der Waals surface area contributed by atoms with Gasteiger partial charge < -0.3 is 14.9 Å². The van der Waals surface area contributed by atoms with E-state index in [9.17, 15) is 9.90 Å². The summed E-state index contributed by atoms with van der Waals surface area (Å²) in [5.41, 5.74) is 2.64. The molecular formula is C23H26N2O4. The minimum atomic E-state index is -0.733. The number of hydrogen-bond acceptors (Lipinski definition) is 4. The van der Waals surface area contributed by atoms with Gasteiger partial charge in [0.15, 0.2) is 0 Å². The highest BCUT2D eigenvalue weighted by Gasteiger charge is 2.15. The number of phenolic OH excluding ortho intramolecular Hbond substituents is 1. The smallest absolute Gasteiger partial charge is 0.303 e. The van der Waals surface area contributed by atoms with Crippen molar-refractivity contribution in [2.75, 3.05) is 6.61 Å². The molecule has 1 aromatic heterocycles. The first-order valence-electron chi connectivity index (χ1n) is 9.92. The van der Waals surface area contributed by atoms with Crippen LogP contribution >= 0.6 is 0 Å². The summed E-state index contributed by atoms with van der Waals surface area (Å²) in [7, 11) is 0. The number of unbranched alkanes of at least 4 members (excludes halogenated alkanes) is 4. The molecule has 0 radical (unpaired) electrons. The molecule has 0 amide bonds. The van der Waals surface area contributed by atoms with Gasteiger partial charge in [0.25, 0.3) is 0 Å². The van der Waals surface area contributed by atoms with Crippen molar-refractivity contribution in [3.05, 3.63) is 60.8 Å². The molecule has 0 aliphatic rings. The normalized spacial score (nSPS) is 10.8. The van der Waals surface area contributed by atoms with Crippen LogP contribution in [-0.4, -0.2) is 32.3 Å². The van der Waals surface area contributed by atoms with Crippen LogP contribution in [0.4, 0.5) is 0 Å². The van der Waals surface area contributed by atoms with E-state index in [2.05, 4.69) is 4.98 Å². The highest BCUT2D eigenvalue weighted by Crippen LogP contribution is 2.30. The number of imidazole rings is 1. The second-order valence-electron chi connectivity index (χ2n) is 6.91. The number of carboxylic acids is 1. The Bertz CT molecular complexity index is 922. The Balaban J connectivity index is 1.65. The fraction of sp³-hybridized carbons (Fsp3) is 0.304. The summed E-state index contributed by atoms with van der Waals surface area (Å²) in [5.74, 6) is -0.530. The lowest BCUT2D eigenvalue weighted by Crippen LogP contribution is -2.05. The maximum atomic E-state index is 10.5. The Hall–Kier alpha value is -3.28. The van der Waals surface area contributed by atoms with Crippen LogP contribution in [0.25, 0.3) is 16.9 Å². The molecule has 152 valence electrons. The Morgan fingerprint density at radius 3 is 2.48 bits per heavy atom. The summed E-state index contributed by atoms with van der Waals surface area (Å²) in [6, 6.07) is 17.4. The molecule has 0 spiro atoms. The van der Waals surface area contributed by atoms with Crippen LogP contribution in [-0.2, 0) is 4.79 Å². The van der Waals surface area contributed by atoms with Gasteiger partial charge in [-0.1, -0.05) is 49.6 Å². The van der Waals surface area contributed by atoms with Crippen LogP contribution in [0, 0.1) is 0 Å². The molecule has 0 saturated heterocycles. The molecule has 0 aliphatic heterocycles. The molecule has 0 aliphatic carbocycles. The second kappa shape index (κ2) is 10.3. The first-order valence-corrected chi connectivity index (χ1v) is 9.92. The van der Waals surface area contributed by atoms with Crippen molar-refractivity contribution in [3.8, 4) is 28.7 Å². The van der Waals surface area contributed by atoms with Gasteiger partial charge in [0.1, 0.15) is 5.75 Å². The van der Waals surface area contributed by atoms with Crippen LogP contribution < -0.4 is 4.74 Å². The fourth-order valence-electron chi connectivity index (χ4n) is 3.20. The summed E-state index contributed by atoms with van der Waals surface area (Å²) < 4.78 is 7.91. The number of para-hydroxylation sites is 1. The van der Waals surface area contributed by atoms with Gasteiger partial charge in [-0.3, -0.25) is 9.36 Å². The van der Waals surface area contributed by atoms with E-state index < -0.39 is 5.97 Å². The van der Waals surface area contributed by atoms with Gasteiger partial charge in [0, 0.05) is 12.0 Å². The van der Waals surface area contributed by atoms with E-state index in [1.54, 1.807) is 24.4 Å². The number of ether oxygens (including phenoxy) is 1. The molecule has 6 nitrogen and oxygen atoms in total. The Morgan fingerprint density at radius 2 is 1.72 bits per heavy atom. The minimum absolute atomic E-state index is 0.202. The first-order chi connectivity index (χ1) is 14.1. The lowest BCUT2D eigenvalue weighted by molar-refractivity contribution is -0.137. The molecule has 6 heteroatoms. The average molecular weight is 394 g/mol. The van der Waals surface area contributed by atoms with Gasteiger partial charge in [-0.2, -0.15) is 0 Å². The highest BCUT2D eigenvalue weighted by molar-refractivity contribution is 5.66. The van der Waals surface area contributed by atoms with Crippen LogP contribution in [0.15, 0.2) is 60.8 Å². The maximum absolute atomic E-state index is 10.5. The summed E-state index contributed by atoms with van der Waals surface area (Å²) in [6.45, 7) is 0.544. The van der Waals surface area contributed by atoms with Gasteiger partial charge in [0.2, 0.25) is 0 Å². The number of aromatic nitrogens is 2. The molecule has 3 aromatic rings. The number of aromatic hydroxyl groups is 1. The van der Waals surface area contributed by atoms with Gasteiger partial charge in [-0.05, 0) is 37.1 Å². The summed E-state index contributed by atoms with van der Waals surface area (Å²) in [4.78, 5) is 15.0. The lowest BCUT2D eigenvalue weighted by atomic mass is 10.1. The Morgan fingerprint density at radius 1 is 0.966 bits per heavy atom. The summed E-state index contributed by atoms with van der Waals surface area (Å²) >= 11 is 0. The topological polar surface area (TPSA) is 84.6 Å². The van der Waals surface area contributed by atoms with Crippen molar-refractivity contribution in [3.63, 3.8) is 0 Å². The van der Waals surface area contributed by atoms with E-state index in [0.717, 1.165) is 49.0 Å². The van der Waals surface area contributed by atoms with Gasteiger partial charge >= 0.3 is 12.0 Å². The Kier molecular flexibility index (Phi) is 7.28. The van der Waals surface area contributed by atoms with Crippen molar-refractivity contribution in [1.29, 1.82) is 0 Å². The molecule has 0 bridgehead atoms. The van der Waals surface area contributed by atoms with Crippen molar-refractivity contribution >= 4 is 5.97 Å². The van der Waals surface area contributed by atoms with E-state index in [0.29, 0.717) is 12.6 Å². The number of phenols is 1. The van der Waals surface area contributed by atoms with E-state index in [4.69, 9.17) is 9.84 Å². The average Bonchev–Trinajstić information content (AvgIpc) is 3.14. The molecule has 2 N–H and O–H groups in total. The third-order valence-electron chi connectivity index (χ3n) is 4.65. The molecule has 1 heterocycles. The van der Waals surface area contributed by atoms with Crippen LogP contribution in [0.5, 0.6) is 11.8 Å². The van der Waals surface area contributed by atoms with Gasteiger partial charge in [0.05, 0.1) is 24.2 Å². The van der Waals surface area contributed by atoms with Gasteiger partial charge in [-0.25, -0.2) is 4.98 Å². The monoisotopic (exact) mass is 394 g/mol. The van der Waals surface area contributed by atoms with Crippen molar-refractivity contribution in [2.24, 2.45) is 0 Å². The van der Waals surface area contributed by atoms with E-state index >= 15 is 0 Å². The van der Waals surface area contributed by atoms with Crippen LogP contribution in [0.3, 0.4) is 0 Å². The van der Waals surface area contributed by atoms with Crippen LogP contribution in [0.1, 0.15) is 38.5 Å². The molecule has 0 atom stereocenters. The number of benzene rings is 2. The molecule has 2 aromatic carbocycles. The largest absolute Gasteiger partial charge is 0.508 e. The molecule has 0 unspecified atom stereocenters. The number of carboxylic acid groups (broad SMARTS) is 1. The predicted molar refractivity (Wildman–Crippen MR) is 111 cm³/mol. The number of hydrogen-bond donors (Lipinski definition) is 2. The third-order valence-corrected chi connectivity index (χ3v) is 4.65. The van der Waals surface area contributed by atoms with Crippen molar-refractivity contribution in [1.82, 2.24) is 9.55 Å². The standard InChI is InChI=1S/C23H26N2O4/c26-20-13-9-10-18(16-20)21-17-24-23(25(21)19-11-5-4-6-12-19)29-15-8-3-1-2-7-14-22(27)28/h4-6,9-13,16-17,26H,1-3,7-8,14-15H2,(H,27,28). The van der Waals surface area contributed by atoms with Crippen molar-refractivity contribution < 1.29 is 19.7 Å². The minimum Gasteiger partial charge on any atom is -0.508 e. The number of rotatable bonds is 11. The van der Waals surface area contributed by atoms with E-state index in [1.165, 1.54) is 0 Å². The van der Waals surface area contributed by atoms with Gasteiger partial charge in [-0.15, -0.1) is 0 Å². The number of carbonyl (C=O) groups is 1. The SMILES string of the molecule is O=C(O)CCCCCCCOc1ncc(-c2cccc(O)c2)n1-c1ccccc1. The third kappa shape index (κ3) is 5.85. The molecular weight excluding hydrogens is 368 g/mol. The number of aliphatic carboxylic acids is 1. The zero-order valence-electron chi connectivity index (χ0n) is 16.3. The quantitative estimate of drug-likeness (QED) is 0.445. The molecule has 3 rings (SSSR count). The molecule has 29 heavy (non-hydrogen) atoms. The predicted octanol–water partition coefficient (Wildman–Crippen LogP) is 5.05.